The van der Waals surface area contributed by atoms with Gasteiger partial charge in [0.15, 0.2) is 0 Å². The van der Waals surface area contributed by atoms with Crippen LogP contribution in [0.2, 0.25) is 0 Å². The first-order valence-electron chi connectivity index (χ1n) is 9.65. The molecule has 0 aromatic heterocycles. The molecule has 1 aromatic rings. The molecular weight excluding hydrogens is 362 g/mol. The lowest BCUT2D eigenvalue weighted by atomic mass is 9.95. The van der Waals surface area contributed by atoms with Crippen molar-refractivity contribution < 1.29 is 23.9 Å². The fourth-order valence-corrected chi connectivity index (χ4v) is 3.52. The smallest absolute Gasteiger partial charge is 0.288 e. The molecular formula is C20H27N3O5. The predicted molar refractivity (Wildman–Crippen MR) is 103 cm³/mol. The van der Waals surface area contributed by atoms with Crippen LogP contribution in [0.15, 0.2) is 24.3 Å². The number of hydrogen-bond acceptors (Lipinski definition) is 6. The van der Waals surface area contributed by atoms with E-state index in [0.717, 1.165) is 11.4 Å². The number of anilines is 1. The Morgan fingerprint density at radius 3 is 2.54 bits per heavy atom. The molecule has 0 unspecified atom stereocenters. The third-order valence-electron chi connectivity index (χ3n) is 5.27. The molecule has 0 radical (unpaired) electrons. The van der Waals surface area contributed by atoms with Gasteiger partial charge in [-0.05, 0) is 25.0 Å². The van der Waals surface area contributed by atoms with Crippen molar-refractivity contribution in [3.63, 3.8) is 0 Å². The van der Waals surface area contributed by atoms with E-state index in [-0.39, 0.29) is 18.4 Å². The van der Waals surface area contributed by atoms with Gasteiger partial charge >= 0.3 is 0 Å². The van der Waals surface area contributed by atoms with Crippen LogP contribution in [0.5, 0.6) is 5.75 Å². The van der Waals surface area contributed by atoms with E-state index >= 15 is 0 Å². The van der Waals surface area contributed by atoms with E-state index in [0.29, 0.717) is 52.2 Å². The summed E-state index contributed by atoms with van der Waals surface area (Å²) in [5, 5.41) is 2.48. The van der Waals surface area contributed by atoms with Crippen molar-refractivity contribution in [3.8, 4) is 5.75 Å². The molecule has 8 heteroatoms. The van der Waals surface area contributed by atoms with E-state index < -0.39 is 11.7 Å². The van der Waals surface area contributed by atoms with Crippen LogP contribution in [0.3, 0.4) is 0 Å². The lowest BCUT2D eigenvalue weighted by Gasteiger charge is -2.36. The fourth-order valence-electron chi connectivity index (χ4n) is 3.52. The molecule has 2 heterocycles. The van der Waals surface area contributed by atoms with Crippen LogP contribution in [0.25, 0.3) is 0 Å². The number of rotatable bonds is 6. The van der Waals surface area contributed by atoms with Crippen molar-refractivity contribution in [2.75, 3.05) is 57.9 Å². The van der Waals surface area contributed by atoms with Gasteiger partial charge in [-0.1, -0.05) is 6.07 Å². The maximum absolute atomic E-state index is 12.4. The van der Waals surface area contributed by atoms with Gasteiger partial charge in [0.25, 0.3) is 5.91 Å². The molecule has 2 saturated heterocycles. The number of carbonyl (C=O) groups is 3. The van der Waals surface area contributed by atoms with Crippen molar-refractivity contribution in [1.29, 1.82) is 0 Å². The first kappa shape index (κ1) is 20.1. The largest absolute Gasteiger partial charge is 0.497 e. The molecule has 2 aliphatic heterocycles. The maximum atomic E-state index is 12.4. The third kappa shape index (κ3) is 5.01. The average molecular weight is 389 g/mol. The van der Waals surface area contributed by atoms with E-state index in [1.54, 1.807) is 12.0 Å². The second kappa shape index (κ2) is 9.54. The monoisotopic (exact) mass is 389 g/mol. The zero-order valence-electron chi connectivity index (χ0n) is 16.2. The molecule has 1 N–H and O–H groups in total. The van der Waals surface area contributed by atoms with Crippen molar-refractivity contribution in [2.24, 2.45) is 5.92 Å². The summed E-state index contributed by atoms with van der Waals surface area (Å²) >= 11 is 0. The van der Waals surface area contributed by atoms with Gasteiger partial charge in [-0.25, -0.2) is 0 Å². The average Bonchev–Trinajstić information content (AvgIpc) is 2.77. The van der Waals surface area contributed by atoms with Gasteiger partial charge in [0, 0.05) is 57.1 Å². The molecule has 0 saturated carbocycles. The van der Waals surface area contributed by atoms with Crippen LogP contribution in [0, 0.1) is 5.92 Å². The molecule has 2 aliphatic rings. The Kier molecular flexibility index (Phi) is 6.86. The molecule has 152 valence electrons. The van der Waals surface area contributed by atoms with Gasteiger partial charge in [-0.2, -0.15) is 0 Å². The Bertz CT molecular complexity index is 710. The third-order valence-corrected chi connectivity index (χ3v) is 5.27. The number of nitrogens with one attached hydrogen (secondary N) is 1. The standard InChI is InChI=1S/C20H27N3O5/c1-27-17-4-2-3-16(13-17)22-7-9-23(10-8-22)18(24)14-21-20(26)19(25)15-5-11-28-12-6-15/h2-4,13,15H,5-12,14H2,1H3,(H,21,26). The number of ketones is 1. The second-order valence-corrected chi connectivity index (χ2v) is 7.00. The molecule has 0 aliphatic carbocycles. The summed E-state index contributed by atoms with van der Waals surface area (Å²) in [4.78, 5) is 40.5. The van der Waals surface area contributed by atoms with Gasteiger partial charge in [0.05, 0.1) is 13.7 Å². The summed E-state index contributed by atoms with van der Waals surface area (Å²) in [7, 11) is 1.64. The predicted octanol–water partition coefficient (Wildman–Crippen LogP) is 0.456. The molecule has 8 nitrogen and oxygen atoms in total. The van der Waals surface area contributed by atoms with Gasteiger partial charge in [-0.15, -0.1) is 0 Å². The first-order valence-corrected chi connectivity index (χ1v) is 9.65. The highest BCUT2D eigenvalue weighted by molar-refractivity contribution is 6.37. The van der Waals surface area contributed by atoms with Crippen LogP contribution in [0.1, 0.15) is 12.8 Å². The Morgan fingerprint density at radius 2 is 1.86 bits per heavy atom. The summed E-state index contributed by atoms with van der Waals surface area (Å²) in [6.45, 7) is 3.40. The summed E-state index contributed by atoms with van der Waals surface area (Å²) in [5.74, 6) is -0.782. The number of hydrogen-bond donors (Lipinski definition) is 1. The highest BCUT2D eigenvalue weighted by Gasteiger charge is 2.28. The minimum Gasteiger partial charge on any atom is -0.497 e. The Balaban J connectivity index is 1.43. The molecule has 0 spiro atoms. The zero-order chi connectivity index (χ0) is 19.9. The molecule has 1 aromatic carbocycles. The zero-order valence-corrected chi connectivity index (χ0v) is 16.2. The number of nitrogens with zero attached hydrogens (tertiary/aromatic N) is 2. The minimum absolute atomic E-state index is 0.146. The Labute approximate surface area is 164 Å². The Hall–Kier alpha value is -2.61. The van der Waals surface area contributed by atoms with Crippen LogP contribution in [-0.2, 0) is 19.1 Å². The van der Waals surface area contributed by atoms with Crippen LogP contribution < -0.4 is 15.0 Å². The van der Waals surface area contributed by atoms with Crippen LogP contribution in [-0.4, -0.2) is 75.5 Å². The lowest BCUT2D eigenvalue weighted by molar-refractivity contribution is -0.143. The molecule has 3 rings (SSSR count). The van der Waals surface area contributed by atoms with Crippen molar-refractivity contribution in [1.82, 2.24) is 10.2 Å². The first-order chi connectivity index (χ1) is 13.6. The summed E-state index contributed by atoms with van der Waals surface area (Å²) in [6.07, 6.45) is 1.12. The minimum atomic E-state index is -0.671. The number of carbonyl (C=O) groups excluding carboxylic acids is 3. The second-order valence-electron chi connectivity index (χ2n) is 7.00. The van der Waals surface area contributed by atoms with E-state index in [1.165, 1.54) is 0 Å². The quantitative estimate of drug-likeness (QED) is 0.711. The van der Waals surface area contributed by atoms with Crippen LogP contribution in [0.4, 0.5) is 5.69 Å². The Morgan fingerprint density at radius 1 is 1.14 bits per heavy atom. The van der Waals surface area contributed by atoms with Gasteiger partial charge < -0.3 is 24.6 Å². The van der Waals surface area contributed by atoms with Gasteiger partial charge in [0.1, 0.15) is 5.75 Å². The molecule has 2 amide bonds. The van der Waals surface area contributed by atoms with Gasteiger partial charge in [-0.3, -0.25) is 14.4 Å². The number of piperazine rings is 1. The fraction of sp³-hybridized carbons (Fsp3) is 0.550. The van der Waals surface area contributed by atoms with Gasteiger partial charge in [0.2, 0.25) is 11.7 Å². The van der Waals surface area contributed by atoms with E-state index in [9.17, 15) is 14.4 Å². The number of ether oxygens (including phenoxy) is 2. The highest BCUT2D eigenvalue weighted by atomic mass is 16.5. The molecule has 28 heavy (non-hydrogen) atoms. The summed E-state index contributed by atoms with van der Waals surface area (Å²) < 4.78 is 10.5. The number of amides is 2. The van der Waals surface area contributed by atoms with Crippen molar-refractivity contribution in [3.05, 3.63) is 24.3 Å². The van der Waals surface area contributed by atoms with E-state index in [4.69, 9.17) is 9.47 Å². The summed E-state index contributed by atoms with van der Waals surface area (Å²) in [5.41, 5.74) is 1.06. The molecule has 2 fully saturated rings. The lowest BCUT2D eigenvalue weighted by Crippen LogP contribution is -2.52. The maximum Gasteiger partial charge on any atom is 0.288 e. The van der Waals surface area contributed by atoms with E-state index in [1.807, 2.05) is 24.3 Å². The highest BCUT2D eigenvalue weighted by Crippen LogP contribution is 2.22. The normalized spacial score (nSPS) is 17.9. The van der Waals surface area contributed by atoms with Crippen LogP contribution >= 0.6 is 0 Å². The van der Waals surface area contributed by atoms with Crippen molar-refractivity contribution >= 4 is 23.3 Å². The topological polar surface area (TPSA) is 88.2 Å². The number of methoxy groups -OCH3 is 1. The SMILES string of the molecule is COc1cccc(N2CCN(C(=O)CNC(=O)C(=O)C3CCOCC3)CC2)c1. The van der Waals surface area contributed by atoms with Crippen molar-refractivity contribution in [2.45, 2.75) is 12.8 Å². The number of benzene rings is 1. The molecule has 0 atom stereocenters. The molecule has 0 bridgehead atoms. The number of Topliss-reactive ketones (excluding diaryl/α,β-unsaturated/α-hetero) is 1. The van der Waals surface area contributed by atoms with E-state index in [2.05, 4.69) is 10.2 Å². The summed E-state index contributed by atoms with van der Waals surface area (Å²) in [6, 6.07) is 7.83.